The number of nitrogens with one attached hydrogen (secondary N) is 1. The molecule has 6 N–H and O–H groups in total. The molecule has 2 aromatic rings. The highest BCUT2D eigenvalue weighted by molar-refractivity contribution is 5.94. The number of aliphatic hydroxyl groups excluding tert-OH is 1. The van der Waals surface area contributed by atoms with E-state index in [-0.39, 0.29) is 12.5 Å². The second-order valence-corrected chi connectivity index (χ2v) is 7.65. The van der Waals surface area contributed by atoms with Gasteiger partial charge in [0.15, 0.2) is 6.29 Å². The van der Waals surface area contributed by atoms with Crippen molar-refractivity contribution in [2.75, 3.05) is 13.2 Å². The number of carbonyl (C=O) groups excluding carboxylic acids is 1. The van der Waals surface area contributed by atoms with Crippen LogP contribution in [0, 0.1) is 0 Å². The van der Waals surface area contributed by atoms with E-state index in [2.05, 4.69) is 24.4 Å². The zero-order valence-corrected chi connectivity index (χ0v) is 17.5. The molecule has 0 fully saturated rings. The van der Waals surface area contributed by atoms with Crippen molar-refractivity contribution in [3.8, 4) is 5.75 Å². The predicted octanol–water partition coefficient (Wildman–Crippen LogP) is 1.90. The minimum atomic E-state index is -1.93. The average Bonchev–Trinajstić information content (AvgIpc) is 2.75. The SMILES string of the molecule is CCC(CCNC(=O)c1cccc(OCC(C)(O)C(O)O)c1)c1cccc(CN)c1. The van der Waals surface area contributed by atoms with E-state index < -0.39 is 11.9 Å². The van der Waals surface area contributed by atoms with E-state index in [1.54, 1.807) is 24.3 Å². The van der Waals surface area contributed by atoms with Crippen LogP contribution in [-0.2, 0) is 6.54 Å². The van der Waals surface area contributed by atoms with Gasteiger partial charge in [-0.25, -0.2) is 0 Å². The Morgan fingerprint density at radius 2 is 1.93 bits per heavy atom. The summed E-state index contributed by atoms with van der Waals surface area (Å²) >= 11 is 0. The molecule has 2 atom stereocenters. The van der Waals surface area contributed by atoms with Crippen LogP contribution in [0.4, 0.5) is 0 Å². The van der Waals surface area contributed by atoms with Crippen LogP contribution < -0.4 is 15.8 Å². The first-order valence-corrected chi connectivity index (χ1v) is 10.1. The lowest BCUT2D eigenvalue weighted by atomic mass is 9.92. The largest absolute Gasteiger partial charge is 0.490 e. The second kappa shape index (κ2) is 11.1. The fourth-order valence-corrected chi connectivity index (χ4v) is 3.07. The normalized spacial score (nSPS) is 14.2. The molecule has 0 aliphatic carbocycles. The van der Waals surface area contributed by atoms with E-state index in [4.69, 9.17) is 20.7 Å². The molecular weight excluding hydrogens is 384 g/mol. The van der Waals surface area contributed by atoms with Gasteiger partial charge in [0.05, 0.1) is 0 Å². The van der Waals surface area contributed by atoms with E-state index in [0.717, 1.165) is 18.4 Å². The van der Waals surface area contributed by atoms with Crippen molar-refractivity contribution in [2.24, 2.45) is 5.73 Å². The maximum absolute atomic E-state index is 12.5. The van der Waals surface area contributed by atoms with Crippen LogP contribution >= 0.6 is 0 Å². The van der Waals surface area contributed by atoms with Crippen molar-refractivity contribution in [2.45, 2.75) is 51.0 Å². The fourth-order valence-electron chi connectivity index (χ4n) is 3.07. The first-order chi connectivity index (χ1) is 14.3. The molecule has 0 aliphatic heterocycles. The van der Waals surface area contributed by atoms with Crippen molar-refractivity contribution in [1.29, 1.82) is 0 Å². The first kappa shape index (κ1) is 23.8. The maximum atomic E-state index is 12.5. The molecule has 2 rings (SSSR count). The zero-order valence-electron chi connectivity index (χ0n) is 17.5. The number of hydrogen-bond acceptors (Lipinski definition) is 6. The number of rotatable bonds is 11. The molecule has 2 unspecified atom stereocenters. The summed E-state index contributed by atoms with van der Waals surface area (Å²) in [5, 5.41) is 31.0. The minimum absolute atomic E-state index is 0.222. The molecule has 7 heteroatoms. The quantitative estimate of drug-likeness (QED) is 0.356. The van der Waals surface area contributed by atoms with Gasteiger partial charge in [-0.3, -0.25) is 4.79 Å². The van der Waals surface area contributed by atoms with E-state index >= 15 is 0 Å². The first-order valence-electron chi connectivity index (χ1n) is 10.1. The van der Waals surface area contributed by atoms with Crippen LogP contribution in [0.5, 0.6) is 5.75 Å². The van der Waals surface area contributed by atoms with E-state index in [1.807, 2.05) is 12.1 Å². The third-order valence-corrected chi connectivity index (χ3v) is 5.11. The molecule has 7 nitrogen and oxygen atoms in total. The summed E-state index contributed by atoms with van der Waals surface area (Å²) < 4.78 is 5.40. The lowest BCUT2D eigenvalue weighted by Gasteiger charge is -2.25. The molecule has 30 heavy (non-hydrogen) atoms. The lowest BCUT2D eigenvalue weighted by Crippen LogP contribution is -2.44. The van der Waals surface area contributed by atoms with Crippen LogP contribution in [0.3, 0.4) is 0 Å². The molecule has 0 saturated heterocycles. The van der Waals surface area contributed by atoms with Crippen LogP contribution in [0.25, 0.3) is 0 Å². The molecule has 0 radical (unpaired) electrons. The molecule has 0 bridgehead atoms. The molecule has 0 spiro atoms. The summed E-state index contributed by atoms with van der Waals surface area (Å²) in [5.74, 6) is 0.465. The molecule has 0 saturated carbocycles. The van der Waals surface area contributed by atoms with Crippen molar-refractivity contribution in [1.82, 2.24) is 5.32 Å². The van der Waals surface area contributed by atoms with Gasteiger partial charge in [0, 0.05) is 18.7 Å². The Morgan fingerprint density at radius 3 is 2.60 bits per heavy atom. The van der Waals surface area contributed by atoms with Crippen LogP contribution in [0.15, 0.2) is 48.5 Å². The number of nitrogens with two attached hydrogens (primary N) is 1. The summed E-state index contributed by atoms with van der Waals surface area (Å²) in [6, 6.07) is 14.8. The molecule has 0 heterocycles. The van der Waals surface area contributed by atoms with E-state index in [0.29, 0.717) is 30.3 Å². The Bertz CT molecular complexity index is 823. The van der Waals surface area contributed by atoms with Crippen LogP contribution in [0.1, 0.15) is 54.1 Å². The highest BCUT2D eigenvalue weighted by Gasteiger charge is 2.29. The number of benzene rings is 2. The Balaban J connectivity index is 1.91. The van der Waals surface area contributed by atoms with E-state index in [9.17, 15) is 9.90 Å². The summed E-state index contributed by atoms with van der Waals surface area (Å²) in [6.07, 6.45) is -0.158. The van der Waals surface area contributed by atoms with Gasteiger partial charge in [-0.1, -0.05) is 37.3 Å². The number of aliphatic hydroxyl groups is 3. The minimum Gasteiger partial charge on any atom is -0.490 e. The summed E-state index contributed by atoms with van der Waals surface area (Å²) in [4.78, 5) is 12.5. The highest BCUT2D eigenvalue weighted by atomic mass is 16.5. The number of hydrogen-bond donors (Lipinski definition) is 5. The number of ether oxygens (including phenoxy) is 1. The summed E-state index contributed by atoms with van der Waals surface area (Å²) in [5.41, 5.74) is 6.67. The molecule has 0 aliphatic rings. The molecule has 0 aromatic heterocycles. The van der Waals surface area contributed by atoms with Gasteiger partial charge < -0.3 is 31.1 Å². The molecule has 2 aromatic carbocycles. The van der Waals surface area contributed by atoms with Crippen molar-refractivity contribution >= 4 is 5.91 Å². The fraction of sp³-hybridized carbons (Fsp3) is 0.435. The number of amides is 1. The Kier molecular flexibility index (Phi) is 8.80. The smallest absolute Gasteiger partial charge is 0.251 e. The predicted molar refractivity (Wildman–Crippen MR) is 115 cm³/mol. The molecular formula is C23H32N2O5. The Hall–Kier alpha value is -2.45. The van der Waals surface area contributed by atoms with Crippen LogP contribution in [-0.4, -0.2) is 46.3 Å². The van der Waals surface area contributed by atoms with Gasteiger partial charge >= 0.3 is 0 Å². The maximum Gasteiger partial charge on any atom is 0.251 e. The Labute approximate surface area is 177 Å². The molecule has 164 valence electrons. The van der Waals surface area contributed by atoms with Crippen LogP contribution in [0.2, 0.25) is 0 Å². The van der Waals surface area contributed by atoms with Gasteiger partial charge in [-0.05, 0) is 55.0 Å². The third-order valence-electron chi connectivity index (χ3n) is 5.11. The number of carbonyl (C=O) groups is 1. The summed E-state index contributed by atoms with van der Waals surface area (Å²) in [6.45, 7) is 4.09. The average molecular weight is 417 g/mol. The van der Waals surface area contributed by atoms with Crippen molar-refractivity contribution < 1.29 is 24.9 Å². The standard InChI is InChI=1S/C23H32N2O5/c1-3-17(18-7-4-6-16(12-18)14-24)10-11-25-21(26)19-8-5-9-20(13-19)30-15-23(2,29)22(27)28/h4-9,12-13,17,22,27-29H,3,10-11,14-15,24H2,1-2H3,(H,25,26). The Morgan fingerprint density at radius 1 is 1.20 bits per heavy atom. The second-order valence-electron chi connectivity index (χ2n) is 7.65. The van der Waals surface area contributed by atoms with Crippen molar-refractivity contribution in [3.05, 3.63) is 65.2 Å². The molecule has 1 amide bonds. The third kappa shape index (κ3) is 6.81. The zero-order chi connectivity index (χ0) is 22.1. The lowest BCUT2D eigenvalue weighted by molar-refractivity contribution is -0.186. The monoisotopic (exact) mass is 416 g/mol. The van der Waals surface area contributed by atoms with Gasteiger partial charge in [0.1, 0.15) is 18.0 Å². The van der Waals surface area contributed by atoms with Crippen molar-refractivity contribution in [3.63, 3.8) is 0 Å². The summed E-state index contributed by atoms with van der Waals surface area (Å²) in [7, 11) is 0. The topological polar surface area (TPSA) is 125 Å². The van der Waals surface area contributed by atoms with E-state index in [1.165, 1.54) is 12.5 Å². The van der Waals surface area contributed by atoms with Gasteiger partial charge in [-0.2, -0.15) is 0 Å². The highest BCUT2D eigenvalue weighted by Crippen LogP contribution is 2.24. The van der Waals surface area contributed by atoms with Gasteiger partial charge in [-0.15, -0.1) is 0 Å². The van der Waals surface area contributed by atoms with Gasteiger partial charge in [0.2, 0.25) is 0 Å². The van der Waals surface area contributed by atoms with Gasteiger partial charge in [0.25, 0.3) is 5.91 Å².